The molecule has 2 rings (SSSR count). The fourth-order valence-corrected chi connectivity index (χ4v) is 1.61. The van der Waals surface area contributed by atoms with Crippen molar-refractivity contribution >= 4 is 15.9 Å². The predicted molar refractivity (Wildman–Crippen MR) is 62.7 cm³/mol. The molecule has 0 saturated heterocycles. The lowest BCUT2D eigenvalue weighted by atomic mass is 10.2. The van der Waals surface area contributed by atoms with Crippen molar-refractivity contribution in [2.45, 2.75) is 6.61 Å². The van der Waals surface area contributed by atoms with Gasteiger partial charge in [-0.3, -0.25) is 4.98 Å². The smallest absolute Gasteiger partial charge is 0.138 e. The van der Waals surface area contributed by atoms with Gasteiger partial charge in [-0.25, -0.2) is 0 Å². The highest BCUT2D eigenvalue weighted by Gasteiger charge is 1.99. The average molecular weight is 264 g/mol. The van der Waals surface area contributed by atoms with Crippen LogP contribution < -0.4 is 4.74 Å². The minimum Gasteiger partial charge on any atom is -0.487 e. The van der Waals surface area contributed by atoms with E-state index in [1.807, 2.05) is 36.4 Å². The van der Waals surface area contributed by atoms with Crippen LogP contribution >= 0.6 is 15.9 Å². The van der Waals surface area contributed by atoms with Crippen LogP contribution in [-0.2, 0) is 6.61 Å². The summed E-state index contributed by atoms with van der Waals surface area (Å²) in [6.07, 6.45) is 3.43. The Labute approximate surface area is 97.1 Å². The molecule has 0 unspecified atom stereocenters. The minimum absolute atomic E-state index is 0.549. The zero-order valence-corrected chi connectivity index (χ0v) is 9.65. The summed E-state index contributed by atoms with van der Waals surface area (Å²) in [5, 5.41) is 0. The van der Waals surface area contributed by atoms with Gasteiger partial charge in [0.1, 0.15) is 12.4 Å². The highest BCUT2D eigenvalue weighted by atomic mass is 79.9. The summed E-state index contributed by atoms with van der Waals surface area (Å²) in [5.74, 6) is 0.785. The molecule has 1 aromatic heterocycles. The number of halogens is 1. The molecule has 0 bridgehead atoms. The van der Waals surface area contributed by atoms with Crippen LogP contribution in [0.4, 0.5) is 0 Å². The number of ether oxygens (including phenoxy) is 1. The van der Waals surface area contributed by atoms with Crippen LogP contribution in [0.5, 0.6) is 5.75 Å². The summed E-state index contributed by atoms with van der Waals surface area (Å²) >= 11 is 3.47. The van der Waals surface area contributed by atoms with Crippen molar-refractivity contribution in [2.24, 2.45) is 0 Å². The zero-order chi connectivity index (χ0) is 10.5. The Morgan fingerprint density at radius 3 is 2.73 bits per heavy atom. The maximum atomic E-state index is 5.58. The van der Waals surface area contributed by atoms with Gasteiger partial charge in [0, 0.05) is 16.2 Å². The lowest BCUT2D eigenvalue weighted by Crippen LogP contribution is -1.96. The summed E-state index contributed by atoms with van der Waals surface area (Å²) in [6.45, 7) is 0.549. The van der Waals surface area contributed by atoms with E-state index in [1.165, 1.54) is 0 Å². The Kier molecular flexibility index (Phi) is 3.35. The second kappa shape index (κ2) is 4.94. The Bertz CT molecular complexity index is 431. The molecule has 3 heteroatoms. The van der Waals surface area contributed by atoms with Gasteiger partial charge in [0.15, 0.2) is 0 Å². The molecule has 0 saturated carbocycles. The van der Waals surface area contributed by atoms with E-state index in [-0.39, 0.29) is 0 Å². The molecule has 0 aliphatic carbocycles. The van der Waals surface area contributed by atoms with Crippen LogP contribution in [0.1, 0.15) is 5.56 Å². The summed E-state index contributed by atoms with van der Waals surface area (Å²) < 4.78 is 6.64. The van der Waals surface area contributed by atoms with Crippen LogP contribution in [0.15, 0.2) is 53.3 Å². The molecule has 2 nitrogen and oxygen atoms in total. The maximum Gasteiger partial charge on any atom is 0.138 e. The second-order valence-electron chi connectivity index (χ2n) is 3.07. The Morgan fingerprint density at radius 2 is 2.00 bits per heavy atom. The molecule has 0 radical (unpaired) electrons. The molecule has 1 aromatic carbocycles. The number of hydrogen-bond acceptors (Lipinski definition) is 2. The van der Waals surface area contributed by atoms with Crippen LogP contribution in [0.2, 0.25) is 0 Å². The normalized spacial score (nSPS) is 9.93. The molecule has 76 valence electrons. The molecule has 0 atom stereocenters. The number of rotatable bonds is 3. The van der Waals surface area contributed by atoms with Crippen molar-refractivity contribution in [3.8, 4) is 5.75 Å². The highest BCUT2D eigenvalue weighted by Crippen LogP contribution is 2.18. The van der Waals surface area contributed by atoms with E-state index in [0.717, 1.165) is 15.8 Å². The third-order valence-corrected chi connectivity index (χ3v) is 2.76. The van der Waals surface area contributed by atoms with E-state index < -0.39 is 0 Å². The van der Waals surface area contributed by atoms with E-state index >= 15 is 0 Å². The molecule has 0 N–H and O–H groups in total. The van der Waals surface area contributed by atoms with Crippen molar-refractivity contribution in [3.63, 3.8) is 0 Å². The molecule has 15 heavy (non-hydrogen) atoms. The highest BCUT2D eigenvalue weighted by molar-refractivity contribution is 9.10. The van der Waals surface area contributed by atoms with E-state index in [0.29, 0.717) is 6.61 Å². The lowest BCUT2D eigenvalue weighted by molar-refractivity contribution is 0.304. The first-order valence-electron chi connectivity index (χ1n) is 4.62. The number of aromatic nitrogens is 1. The molecular formula is C12H10BrNO. The summed E-state index contributed by atoms with van der Waals surface area (Å²) in [5.41, 5.74) is 1.13. The Morgan fingerprint density at radius 1 is 1.13 bits per heavy atom. The van der Waals surface area contributed by atoms with E-state index in [2.05, 4.69) is 20.9 Å². The van der Waals surface area contributed by atoms with Crippen LogP contribution in [0.25, 0.3) is 0 Å². The SMILES string of the molecule is Brc1ccccc1COc1cccnc1. The van der Waals surface area contributed by atoms with Gasteiger partial charge in [0.2, 0.25) is 0 Å². The van der Waals surface area contributed by atoms with E-state index in [1.54, 1.807) is 12.4 Å². The van der Waals surface area contributed by atoms with Gasteiger partial charge < -0.3 is 4.74 Å². The van der Waals surface area contributed by atoms with Gasteiger partial charge in [-0.2, -0.15) is 0 Å². The van der Waals surface area contributed by atoms with Crippen molar-refractivity contribution in [2.75, 3.05) is 0 Å². The number of hydrogen-bond donors (Lipinski definition) is 0. The number of benzene rings is 1. The molecule has 0 fully saturated rings. The first-order valence-corrected chi connectivity index (χ1v) is 5.42. The first kappa shape index (κ1) is 10.2. The average Bonchev–Trinajstić information content (AvgIpc) is 2.29. The van der Waals surface area contributed by atoms with Gasteiger partial charge in [0.05, 0.1) is 6.20 Å². The van der Waals surface area contributed by atoms with Crippen LogP contribution in [0.3, 0.4) is 0 Å². The van der Waals surface area contributed by atoms with Crippen molar-refractivity contribution in [1.29, 1.82) is 0 Å². The van der Waals surface area contributed by atoms with Gasteiger partial charge in [-0.05, 0) is 18.2 Å². The maximum absolute atomic E-state index is 5.58. The van der Waals surface area contributed by atoms with Crippen molar-refractivity contribution in [3.05, 3.63) is 58.8 Å². The topological polar surface area (TPSA) is 22.1 Å². The van der Waals surface area contributed by atoms with Gasteiger partial charge >= 0.3 is 0 Å². The van der Waals surface area contributed by atoms with Gasteiger partial charge in [0.25, 0.3) is 0 Å². The zero-order valence-electron chi connectivity index (χ0n) is 8.06. The summed E-state index contributed by atoms with van der Waals surface area (Å²) in [6, 6.07) is 11.8. The quantitative estimate of drug-likeness (QED) is 0.847. The lowest BCUT2D eigenvalue weighted by Gasteiger charge is -2.06. The molecule has 0 aliphatic rings. The predicted octanol–water partition coefficient (Wildman–Crippen LogP) is 3.42. The standard InChI is InChI=1S/C12H10BrNO/c13-12-6-2-1-4-10(12)9-15-11-5-3-7-14-8-11/h1-8H,9H2. The molecule has 2 aromatic rings. The Hall–Kier alpha value is -1.35. The van der Waals surface area contributed by atoms with E-state index in [4.69, 9.17) is 4.74 Å². The number of pyridine rings is 1. The van der Waals surface area contributed by atoms with Crippen LogP contribution in [0, 0.1) is 0 Å². The van der Waals surface area contributed by atoms with E-state index in [9.17, 15) is 0 Å². The van der Waals surface area contributed by atoms with Crippen molar-refractivity contribution in [1.82, 2.24) is 4.98 Å². The first-order chi connectivity index (χ1) is 7.36. The molecule has 0 spiro atoms. The fraction of sp³-hybridized carbons (Fsp3) is 0.0833. The molecule has 0 aliphatic heterocycles. The third-order valence-electron chi connectivity index (χ3n) is 1.99. The number of nitrogens with zero attached hydrogens (tertiary/aromatic N) is 1. The molecule has 1 heterocycles. The minimum atomic E-state index is 0.549. The van der Waals surface area contributed by atoms with Crippen molar-refractivity contribution < 1.29 is 4.74 Å². The van der Waals surface area contributed by atoms with Gasteiger partial charge in [-0.1, -0.05) is 34.1 Å². The van der Waals surface area contributed by atoms with Gasteiger partial charge in [-0.15, -0.1) is 0 Å². The largest absolute Gasteiger partial charge is 0.487 e. The summed E-state index contributed by atoms with van der Waals surface area (Å²) in [4.78, 5) is 3.98. The third kappa shape index (κ3) is 2.80. The summed E-state index contributed by atoms with van der Waals surface area (Å²) in [7, 11) is 0. The second-order valence-corrected chi connectivity index (χ2v) is 3.92. The Balaban J connectivity index is 2.03. The van der Waals surface area contributed by atoms with Crippen LogP contribution in [-0.4, -0.2) is 4.98 Å². The molecule has 0 amide bonds. The fourth-order valence-electron chi connectivity index (χ4n) is 1.21. The molecular weight excluding hydrogens is 254 g/mol. The monoisotopic (exact) mass is 263 g/mol.